The van der Waals surface area contributed by atoms with E-state index >= 15 is 0 Å². The van der Waals surface area contributed by atoms with E-state index in [1.807, 2.05) is 0 Å². The quantitative estimate of drug-likeness (QED) is 0.0222. The largest absolute Gasteiger partial charge is 0.472 e. The maximum atomic E-state index is 13.0. The van der Waals surface area contributed by atoms with Gasteiger partial charge in [-0.1, -0.05) is 299 Å². The maximum absolute atomic E-state index is 13.0. The molecule has 7 atom stereocenters. The van der Waals surface area contributed by atoms with Gasteiger partial charge in [0.1, 0.15) is 19.3 Å². The number of ether oxygens (including phenoxy) is 4. The summed E-state index contributed by atoms with van der Waals surface area (Å²) < 4.78 is 68.3. The molecule has 0 aliphatic heterocycles. The van der Waals surface area contributed by atoms with Gasteiger partial charge in [0.05, 0.1) is 26.4 Å². The van der Waals surface area contributed by atoms with Gasteiger partial charge in [-0.15, -0.1) is 0 Å². The fourth-order valence-corrected chi connectivity index (χ4v) is 12.2. The number of phosphoric ester groups is 2. The second-order valence-electron chi connectivity index (χ2n) is 27.1. The molecule has 19 heteroatoms. The Morgan fingerprint density at radius 3 is 0.789 bits per heavy atom. The third-order valence-corrected chi connectivity index (χ3v) is 18.9. The summed E-state index contributed by atoms with van der Waals surface area (Å²) in [5.41, 5.74) is 0. The van der Waals surface area contributed by atoms with Crippen molar-refractivity contribution in [3.05, 3.63) is 0 Å². The second kappa shape index (κ2) is 60.7. The molecule has 0 aromatic carbocycles. The third kappa shape index (κ3) is 62.2. The fourth-order valence-electron chi connectivity index (χ4n) is 10.6. The van der Waals surface area contributed by atoms with Crippen molar-refractivity contribution in [3.8, 4) is 0 Å². The van der Waals surface area contributed by atoms with E-state index in [0.29, 0.717) is 31.6 Å². The minimum absolute atomic E-state index is 0.104. The summed E-state index contributed by atoms with van der Waals surface area (Å²) in [6.07, 6.45) is 43.0. The third-order valence-electron chi connectivity index (χ3n) is 17.0. The maximum Gasteiger partial charge on any atom is 0.472 e. The number of carbonyl (C=O) groups excluding carboxylic acids is 4. The van der Waals surface area contributed by atoms with Crippen molar-refractivity contribution in [2.75, 3.05) is 39.6 Å². The van der Waals surface area contributed by atoms with E-state index in [1.165, 1.54) is 148 Å². The first-order valence-electron chi connectivity index (χ1n) is 36.8. The number of aliphatic hydroxyl groups is 1. The molecule has 534 valence electrons. The number of unbranched alkanes of at least 4 members (excludes halogenated alkanes) is 32. The normalized spacial score (nSPS) is 14.9. The standard InChI is InChI=1S/C71H138O17P2/c1-9-63(7)49-41-33-25-17-14-15-18-27-35-43-51-68(73)81-57-66(88-71(76)54-46-38-29-21-20-26-34-42-50-64(8)10-2)59-85-89(77,78)83-55-65(72)56-84-90(79,80)86-60-67(58-82-69(74)52-44-36-30-22-24-32-40-48-62(5)6)87-70(75)53-45-37-28-19-13-11-12-16-23-31-39-47-61(3)4/h61-67,72H,9-60H2,1-8H3,(H,77,78)(H,79,80)/t63?,64?,65?,66-,67-/m1/s1. The monoisotopic (exact) mass is 1320 g/mol. The van der Waals surface area contributed by atoms with Gasteiger partial charge >= 0.3 is 39.5 Å². The van der Waals surface area contributed by atoms with Gasteiger partial charge in [-0.2, -0.15) is 0 Å². The summed E-state index contributed by atoms with van der Waals surface area (Å²) in [5.74, 6) is 0.920. The van der Waals surface area contributed by atoms with Gasteiger partial charge in [0.25, 0.3) is 0 Å². The van der Waals surface area contributed by atoms with Crippen LogP contribution in [0.2, 0.25) is 0 Å². The van der Waals surface area contributed by atoms with Gasteiger partial charge in [0, 0.05) is 25.7 Å². The number of hydrogen-bond acceptors (Lipinski definition) is 15. The van der Waals surface area contributed by atoms with Crippen LogP contribution in [0.25, 0.3) is 0 Å². The Kier molecular flexibility index (Phi) is 59.4. The number of phosphoric acid groups is 2. The number of rotatable bonds is 68. The molecular weight excluding hydrogens is 1190 g/mol. The highest BCUT2D eigenvalue weighted by atomic mass is 31.2. The molecule has 90 heavy (non-hydrogen) atoms. The van der Waals surface area contributed by atoms with Crippen LogP contribution in [0.3, 0.4) is 0 Å². The summed E-state index contributed by atoms with van der Waals surface area (Å²) in [6.45, 7) is 14.1. The van der Waals surface area contributed by atoms with E-state index in [-0.39, 0.29) is 25.7 Å². The molecule has 3 N–H and O–H groups in total. The Morgan fingerprint density at radius 1 is 0.311 bits per heavy atom. The lowest BCUT2D eigenvalue weighted by atomic mass is 9.99. The van der Waals surface area contributed by atoms with Crippen LogP contribution in [0, 0.1) is 23.7 Å². The second-order valence-corrected chi connectivity index (χ2v) is 30.0. The number of esters is 4. The molecule has 0 bridgehead atoms. The summed E-state index contributed by atoms with van der Waals surface area (Å²) in [6, 6.07) is 0. The van der Waals surface area contributed by atoms with Crippen LogP contribution < -0.4 is 0 Å². The van der Waals surface area contributed by atoms with Gasteiger partial charge in [-0.3, -0.25) is 37.3 Å². The van der Waals surface area contributed by atoms with Crippen LogP contribution in [0.5, 0.6) is 0 Å². The van der Waals surface area contributed by atoms with Crippen LogP contribution in [-0.4, -0.2) is 96.7 Å². The van der Waals surface area contributed by atoms with E-state index in [0.717, 1.165) is 114 Å². The average Bonchev–Trinajstić information content (AvgIpc) is 3.70. The van der Waals surface area contributed by atoms with Gasteiger partial charge in [0.15, 0.2) is 12.2 Å². The van der Waals surface area contributed by atoms with Crippen molar-refractivity contribution in [2.24, 2.45) is 23.7 Å². The van der Waals surface area contributed by atoms with Crippen molar-refractivity contribution >= 4 is 39.5 Å². The molecule has 0 saturated heterocycles. The molecule has 0 aliphatic carbocycles. The van der Waals surface area contributed by atoms with Crippen LogP contribution >= 0.6 is 15.6 Å². The van der Waals surface area contributed by atoms with Crippen LogP contribution in [0.15, 0.2) is 0 Å². The summed E-state index contributed by atoms with van der Waals surface area (Å²) >= 11 is 0. The van der Waals surface area contributed by atoms with Crippen LogP contribution in [0.1, 0.15) is 351 Å². The molecule has 0 radical (unpaired) electrons. The van der Waals surface area contributed by atoms with Crippen molar-refractivity contribution in [1.82, 2.24) is 0 Å². The molecule has 0 aromatic heterocycles. The first-order chi connectivity index (χ1) is 43.2. The Balaban J connectivity index is 5.26. The summed E-state index contributed by atoms with van der Waals surface area (Å²) in [5, 5.41) is 10.6. The molecular formula is C71H138O17P2. The predicted octanol–water partition coefficient (Wildman–Crippen LogP) is 20.1. The average molecular weight is 1330 g/mol. The summed E-state index contributed by atoms with van der Waals surface area (Å²) in [7, 11) is -9.91. The minimum atomic E-state index is -4.95. The highest BCUT2D eigenvalue weighted by Crippen LogP contribution is 2.45. The van der Waals surface area contributed by atoms with E-state index in [9.17, 15) is 43.2 Å². The zero-order valence-corrected chi connectivity index (χ0v) is 60.6. The van der Waals surface area contributed by atoms with Crippen LogP contribution in [0.4, 0.5) is 0 Å². The van der Waals surface area contributed by atoms with E-state index in [1.54, 1.807) is 0 Å². The zero-order chi connectivity index (χ0) is 66.8. The lowest BCUT2D eigenvalue weighted by Gasteiger charge is -2.21. The summed E-state index contributed by atoms with van der Waals surface area (Å²) in [4.78, 5) is 72.6. The Bertz CT molecular complexity index is 1790. The van der Waals surface area contributed by atoms with Crippen molar-refractivity contribution < 1.29 is 80.2 Å². The molecule has 0 spiro atoms. The Hall–Kier alpha value is -1.94. The molecule has 0 rings (SSSR count). The number of hydrogen-bond donors (Lipinski definition) is 3. The molecule has 0 aliphatic rings. The van der Waals surface area contributed by atoms with Crippen molar-refractivity contribution in [2.45, 2.75) is 369 Å². The van der Waals surface area contributed by atoms with E-state index in [2.05, 4.69) is 55.4 Å². The highest BCUT2D eigenvalue weighted by Gasteiger charge is 2.30. The zero-order valence-electron chi connectivity index (χ0n) is 58.8. The molecule has 0 amide bonds. The van der Waals surface area contributed by atoms with Gasteiger partial charge < -0.3 is 33.8 Å². The predicted molar refractivity (Wildman–Crippen MR) is 363 cm³/mol. The topological polar surface area (TPSA) is 237 Å². The molecule has 0 fully saturated rings. The van der Waals surface area contributed by atoms with E-state index in [4.69, 9.17) is 37.0 Å². The first kappa shape index (κ1) is 88.1. The Labute approximate surface area is 549 Å². The SMILES string of the molecule is CCC(C)CCCCCCCCCCCCC(=O)OC[C@H](COP(=O)(O)OCC(O)COP(=O)(O)OC[C@@H](COC(=O)CCCCCCCCCC(C)C)OC(=O)CCCCCCCCCCCCCC(C)C)OC(=O)CCCCCCCCCCC(C)CC. The van der Waals surface area contributed by atoms with Gasteiger partial charge in [-0.25, -0.2) is 9.13 Å². The van der Waals surface area contributed by atoms with Gasteiger partial charge in [-0.05, 0) is 49.4 Å². The van der Waals surface area contributed by atoms with Crippen molar-refractivity contribution in [3.63, 3.8) is 0 Å². The number of aliphatic hydroxyl groups excluding tert-OH is 1. The molecule has 0 heterocycles. The number of carbonyl (C=O) groups is 4. The first-order valence-corrected chi connectivity index (χ1v) is 39.8. The lowest BCUT2D eigenvalue weighted by molar-refractivity contribution is -0.161. The molecule has 0 saturated carbocycles. The minimum Gasteiger partial charge on any atom is -0.462 e. The van der Waals surface area contributed by atoms with Crippen LogP contribution in [-0.2, 0) is 65.4 Å². The smallest absolute Gasteiger partial charge is 0.462 e. The van der Waals surface area contributed by atoms with Crippen molar-refractivity contribution in [1.29, 1.82) is 0 Å². The Morgan fingerprint density at radius 2 is 0.533 bits per heavy atom. The molecule has 0 aromatic rings. The highest BCUT2D eigenvalue weighted by molar-refractivity contribution is 7.47. The molecule has 5 unspecified atom stereocenters. The van der Waals surface area contributed by atoms with Gasteiger partial charge in [0.2, 0.25) is 0 Å². The van der Waals surface area contributed by atoms with E-state index < -0.39 is 97.5 Å². The molecule has 17 nitrogen and oxygen atoms in total. The lowest BCUT2D eigenvalue weighted by Crippen LogP contribution is -2.30. The fraction of sp³-hybridized carbons (Fsp3) is 0.944.